The molecule has 2 aromatic rings. The maximum atomic E-state index is 11.8. The van der Waals surface area contributed by atoms with Crippen LogP contribution in [0.3, 0.4) is 0 Å². The van der Waals surface area contributed by atoms with Crippen LogP contribution in [-0.4, -0.2) is 25.8 Å². The Morgan fingerprint density at radius 1 is 1.18 bits per heavy atom. The monoisotopic (exact) mass is 298 g/mol. The lowest BCUT2D eigenvalue weighted by Gasteiger charge is -2.09. The molecule has 0 unspecified atom stereocenters. The molecular formula is C17H18N2O3. The predicted molar refractivity (Wildman–Crippen MR) is 85.7 cm³/mol. The fraction of sp³-hybridized carbons (Fsp3) is 0.176. The molecule has 0 aromatic heterocycles. The highest BCUT2D eigenvalue weighted by Gasteiger charge is 2.05. The van der Waals surface area contributed by atoms with Crippen LogP contribution < -0.4 is 14.9 Å². The first kappa shape index (κ1) is 15.6. The van der Waals surface area contributed by atoms with E-state index in [1.807, 2.05) is 19.1 Å². The second-order valence-corrected chi connectivity index (χ2v) is 4.41. The van der Waals surface area contributed by atoms with Gasteiger partial charge in [0.2, 0.25) is 0 Å². The summed E-state index contributed by atoms with van der Waals surface area (Å²) in [5.41, 5.74) is 3.85. The first-order chi connectivity index (χ1) is 10.7. The zero-order chi connectivity index (χ0) is 15.8. The van der Waals surface area contributed by atoms with Gasteiger partial charge in [-0.05, 0) is 42.8 Å². The normalized spacial score (nSPS) is 10.5. The van der Waals surface area contributed by atoms with E-state index < -0.39 is 0 Å². The smallest absolute Gasteiger partial charge is 0.271 e. The number of ether oxygens (including phenoxy) is 2. The molecule has 5 heteroatoms. The van der Waals surface area contributed by atoms with Gasteiger partial charge < -0.3 is 9.47 Å². The minimum absolute atomic E-state index is 0.254. The Balaban J connectivity index is 2.04. The van der Waals surface area contributed by atoms with Crippen molar-refractivity contribution in [2.24, 2.45) is 5.10 Å². The van der Waals surface area contributed by atoms with Crippen LogP contribution in [0.4, 0.5) is 0 Å². The minimum atomic E-state index is -0.254. The van der Waals surface area contributed by atoms with Gasteiger partial charge in [-0.1, -0.05) is 18.2 Å². The number of methoxy groups -OCH3 is 1. The van der Waals surface area contributed by atoms with Crippen molar-refractivity contribution < 1.29 is 14.3 Å². The quantitative estimate of drug-likeness (QED) is 0.659. The molecule has 0 radical (unpaired) electrons. The van der Waals surface area contributed by atoms with E-state index in [-0.39, 0.29) is 5.91 Å². The molecule has 0 saturated heterocycles. The maximum absolute atomic E-state index is 11.8. The van der Waals surface area contributed by atoms with Crippen LogP contribution in [0, 0.1) is 0 Å². The molecule has 22 heavy (non-hydrogen) atoms. The number of amides is 1. The molecule has 0 aliphatic rings. The zero-order valence-corrected chi connectivity index (χ0v) is 12.6. The van der Waals surface area contributed by atoms with Crippen LogP contribution in [0.2, 0.25) is 0 Å². The highest BCUT2D eigenvalue weighted by Crippen LogP contribution is 2.27. The number of carbonyl (C=O) groups excluding carboxylic acids is 1. The van der Waals surface area contributed by atoms with Crippen LogP contribution in [0.15, 0.2) is 53.6 Å². The third kappa shape index (κ3) is 4.09. The van der Waals surface area contributed by atoms with Crippen LogP contribution in [-0.2, 0) is 0 Å². The molecule has 0 heterocycles. The van der Waals surface area contributed by atoms with Crippen molar-refractivity contribution in [2.75, 3.05) is 13.7 Å². The van der Waals surface area contributed by atoms with Gasteiger partial charge in [0.25, 0.3) is 5.91 Å². The Kier molecular flexibility index (Phi) is 5.54. The molecule has 0 bridgehead atoms. The summed E-state index contributed by atoms with van der Waals surface area (Å²) in [6, 6.07) is 14.3. The van der Waals surface area contributed by atoms with Crippen molar-refractivity contribution in [3.05, 3.63) is 59.7 Å². The highest BCUT2D eigenvalue weighted by molar-refractivity contribution is 5.94. The SMILES string of the molecule is CCOc1cc(/C=N\NC(=O)c2ccccc2)ccc1OC. The molecule has 0 aliphatic carbocycles. The van der Waals surface area contributed by atoms with Gasteiger partial charge in [0.15, 0.2) is 11.5 Å². The molecule has 1 N–H and O–H groups in total. The molecule has 0 atom stereocenters. The summed E-state index contributed by atoms with van der Waals surface area (Å²) in [6.07, 6.45) is 1.56. The minimum Gasteiger partial charge on any atom is -0.493 e. The van der Waals surface area contributed by atoms with Gasteiger partial charge >= 0.3 is 0 Å². The molecular weight excluding hydrogens is 280 g/mol. The summed E-state index contributed by atoms with van der Waals surface area (Å²) in [5.74, 6) is 1.05. The Hall–Kier alpha value is -2.82. The summed E-state index contributed by atoms with van der Waals surface area (Å²) < 4.78 is 10.7. The Morgan fingerprint density at radius 3 is 2.64 bits per heavy atom. The number of benzene rings is 2. The highest BCUT2D eigenvalue weighted by atomic mass is 16.5. The second kappa shape index (κ2) is 7.83. The van der Waals surface area contributed by atoms with Crippen LogP contribution in [0.5, 0.6) is 11.5 Å². The number of carbonyl (C=O) groups is 1. The molecule has 2 rings (SSSR count). The molecule has 0 aliphatic heterocycles. The number of nitrogens with one attached hydrogen (secondary N) is 1. The van der Waals surface area contributed by atoms with Crippen molar-refractivity contribution in [3.8, 4) is 11.5 Å². The number of hydrogen-bond donors (Lipinski definition) is 1. The van der Waals surface area contributed by atoms with Gasteiger partial charge in [-0.3, -0.25) is 4.79 Å². The standard InChI is InChI=1S/C17H18N2O3/c1-3-22-16-11-13(9-10-15(16)21-2)12-18-19-17(20)14-7-5-4-6-8-14/h4-12H,3H2,1-2H3,(H,19,20)/b18-12-. The van der Waals surface area contributed by atoms with Gasteiger partial charge in [-0.25, -0.2) is 5.43 Å². The summed E-state index contributed by atoms with van der Waals surface area (Å²) >= 11 is 0. The number of hydrogen-bond acceptors (Lipinski definition) is 4. The van der Waals surface area contributed by atoms with Crippen LogP contribution in [0.1, 0.15) is 22.8 Å². The van der Waals surface area contributed by atoms with E-state index in [2.05, 4.69) is 10.5 Å². The van der Waals surface area contributed by atoms with E-state index in [1.165, 1.54) is 0 Å². The van der Waals surface area contributed by atoms with Gasteiger partial charge in [0.05, 0.1) is 19.9 Å². The lowest BCUT2D eigenvalue weighted by molar-refractivity contribution is 0.0955. The molecule has 2 aromatic carbocycles. The van der Waals surface area contributed by atoms with Crippen LogP contribution in [0.25, 0.3) is 0 Å². The van der Waals surface area contributed by atoms with E-state index >= 15 is 0 Å². The summed E-state index contributed by atoms with van der Waals surface area (Å²) in [6.45, 7) is 2.45. The number of nitrogens with zero attached hydrogens (tertiary/aromatic N) is 1. The first-order valence-electron chi connectivity index (χ1n) is 6.94. The third-order valence-corrected chi connectivity index (χ3v) is 2.90. The van der Waals surface area contributed by atoms with Crippen LogP contribution >= 0.6 is 0 Å². The average molecular weight is 298 g/mol. The average Bonchev–Trinajstić information content (AvgIpc) is 2.56. The van der Waals surface area contributed by atoms with E-state index in [9.17, 15) is 4.79 Å². The van der Waals surface area contributed by atoms with Gasteiger partial charge in [-0.2, -0.15) is 5.10 Å². The van der Waals surface area contributed by atoms with E-state index in [0.29, 0.717) is 23.7 Å². The van der Waals surface area contributed by atoms with Crippen molar-refractivity contribution in [2.45, 2.75) is 6.92 Å². The van der Waals surface area contributed by atoms with Crippen molar-refractivity contribution in [1.82, 2.24) is 5.43 Å². The molecule has 1 amide bonds. The number of hydrazone groups is 1. The summed E-state index contributed by atoms with van der Waals surface area (Å²) in [5, 5.41) is 3.95. The van der Waals surface area contributed by atoms with Gasteiger partial charge in [0, 0.05) is 5.56 Å². The third-order valence-electron chi connectivity index (χ3n) is 2.90. The zero-order valence-electron chi connectivity index (χ0n) is 12.6. The maximum Gasteiger partial charge on any atom is 0.271 e. The summed E-state index contributed by atoms with van der Waals surface area (Å²) in [7, 11) is 1.59. The Morgan fingerprint density at radius 2 is 1.95 bits per heavy atom. The van der Waals surface area contributed by atoms with Crippen molar-refractivity contribution in [1.29, 1.82) is 0 Å². The van der Waals surface area contributed by atoms with E-state index in [0.717, 1.165) is 5.56 Å². The molecule has 114 valence electrons. The molecule has 5 nitrogen and oxygen atoms in total. The Bertz CT molecular complexity index is 654. The second-order valence-electron chi connectivity index (χ2n) is 4.41. The Labute approximate surface area is 129 Å². The van der Waals surface area contributed by atoms with Gasteiger partial charge in [-0.15, -0.1) is 0 Å². The molecule has 0 fully saturated rings. The lowest BCUT2D eigenvalue weighted by Crippen LogP contribution is -2.17. The van der Waals surface area contributed by atoms with E-state index in [1.54, 1.807) is 49.7 Å². The van der Waals surface area contributed by atoms with Crippen molar-refractivity contribution in [3.63, 3.8) is 0 Å². The fourth-order valence-electron chi connectivity index (χ4n) is 1.86. The molecule has 0 saturated carbocycles. The number of rotatable bonds is 6. The summed E-state index contributed by atoms with van der Waals surface area (Å²) in [4.78, 5) is 11.8. The largest absolute Gasteiger partial charge is 0.493 e. The topological polar surface area (TPSA) is 59.9 Å². The van der Waals surface area contributed by atoms with Gasteiger partial charge in [0.1, 0.15) is 0 Å². The van der Waals surface area contributed by atoms with E-state index in [4.69, 9.17) is 9.47 Å². The predicted octanol–water partition coefficient (Wildman–Crippen LogP) is 2.86. The fourth-order valence-corrected chi connectivity index (χ4v) is 1.86. The lowest BCUT2D eigenvalue weighted by atomic mass is 10.2. The first-order valence-corrected chi connectivity index (χ1v) is 6.94. The van der Waals surface area contributed by atoms with Crippen molar-refractivity contribution >= 4 is 12.1 Å². The molecule has 0 spiro atoms.